The summed E-state index contributed by atoms with van der Waals surface area (Å²) in [5.74, 6) is 0. The van der Waals surface area contributed by atoms with Gasteiger partial charge in [0.2, 0.25) is 0 Å². The van der Waals surface area contributed by atoms with Crippen molar-refractivity contribution < 1.29 is 118 Å². The maximum Gasteiger partial charge on any atom is 1.00 e. The Kier molecular flexibility index (Phi) is 50.6. The molecule has 0 saturated heterocycles. The summed E-state index contributed by atoms with van der Waals surface area (Å²) in [6.45, 7) is 0. The molecule has 0 amide bonds. The zero-order valence-electron chi connectivity index (χ0n) is 7.31. The van der Waals surface area contributed by atoms with Crippen LogP contribution in [-0.2, 0) is 0 Å². The van der Waals surface area contributed by atoms with Crippen molar-refractivity contribution in [1.29, 1.82) is 0 Å². The molecule has 0 saturated carbocycles. The molecule has 3 nitrogen and oxygen atoms in total. The number of rotatable bonds is 3. The minimum absolute atomic E-state index is 0. The van der Waals surface area contributed by atoms with Crippen LogP contribution in [-0.4, -0.2) is 15.0 Å². The van der Waals surface area contributed by atoms with E-state index < -0.39 is 6.16 Å². The molecule has 0 aliphatic heterocycles. The molecule has 0 spiro atoms. The zero-order valence-corrected chi connectivity index (χ0v) is 17.9. The second-order valence-electron chi connectivity index (χ2n) is 1.34. The number of carbonyl (C=O) groups is 1. The van der Waals surface area contributed by atoms with E-state index in [9.17, 15) is 0 Å². The van der Waals surface area contributed by atoms with Crippen LogP contribution in [0.5, 0.6) is 0 Å². The number of carboxylic acid groups (broad SMARTS) is 2. The van der Waals surface area contributed by atoms with E-state index in [1.165, 1.54) is 21.7 Å². The van der Waals surface area contributed by atoms with Crippen LogP contribution in [0.1, 0.15) is 12.8 Å². The molecule has 62 valence electrons. The van der Waals surface area contributed by atoms with E-state index in [1.807, 2.05) is 0 Å². The smallest absolute Gasteiger partial charge is 0.652 e. The van der Waals surface area contributed by atoms with Crippen molar-refractivity contribution in [2.45, 2.75) is 12.8 Å². The fourth-order valence-corrected chi connectivity index (χ4v) is 1.27. The van der Waals surface area contributed by atoms with Crippen molar-refractivity contribution in [2.24, 2.45) is 0 Å². The molecule has 0 heterocycles. The van der Waals surface area contributed by atoms with Gasteiger partial charge in [0.25, 0.3) is 0 Å². The average molecular weight is 448 g/mol. The van der Waals surface area contributed by atoms with Crippen LogP contribution in [0.2, 0.25) is 0 Å². The van der Waals surface area contributed by atoms with Gasteiger partial charge in [0.1, 0.15) is 0 Å². The predicted octanol–water partition coefficient (Wildman–Crippen LogP) is -5.80. The molecular weight excluding hydrogens is 440 g/mol. The third-order valence-corrected chi connectivity index (χ3v) is 2.04. The normalized spacial score (nSPS) is 6.50. The van der Waals surface area contributed by atoms with Gasteiger partial charge in [-0.1, -0.05) is 45.2 Å². The second kappa shape index (κ2) is 24.3. The first-order valence-corrected chi connectivity index (χ1v) is 5.70. The number of halogens is 2. The van der Waals surface area contributed by atoms with E-state index in [2.05, 4.69) is 45.2 Å². The maximum atomic E-state index is 8.33. The van der Waals surface area contributed by atoms with Crippen LogP contribution < -0.4 is 113 Å². The minimum atomic E-state index is -2.33. The molecule has 0 aliphatic rings. The minimum Gasteiger partial charge on any atom is -0.652 e. The molecule has 0 aromatic heterocycles. The van der Waals surface area contributed by atoms with Crippen molar-refractivity contribution >= 4 is 51.3 Å². The standard InChI is InChI=1S/C4H8I2.CH2O3.2K/c5-3-1-2-4-6;2-1(3)4;;/h1-4H2;(H2,2,3,4);;/q;;2*+1/p-2. The molecule has 0 N–H and O–H groups in total. The van der Waals surface area contributed by atoms with Gasteiger partial charge in [-0.15, -0.1) is 0 Å². The molecule has 0 rings (SSSR count). The Morgan fingerprint density at radius 2 is 1.17 bits per heavy atom. The molecule has 0 bridgehead atoms. The summed E-state index contributed by atoms with van der Waals surface area (Å²) in [6, 6.07) is 0. The van der Waals surface area contributed by atoms with E-state index in [4.69, 9.17) is 15.0 Å². The van der Waals surface area contributed by atoms with Gasteiger partial charge in [-0.05, 0) is 27.9 Å². The Morgan fingerprint density at radius 1 is 1.00 bits per heavy atom. The molecule has 0 fully saturated rings. The number of hydrogen-bond donors (Lipinski definition) is 0. The molecular formula is C5H8I2K2O3. The summed E-state index contributed by atoms with van der Waals surface area (Å²) in [6.07, 6.45) is 0.451. The van der Waals surface area contributed by atoms with Crippen molar-refractivity contribution in [2.75, 3.05) is 8.86 Å². The molecule has 0 radical (unpaired) electrons. The van der Waals surface area contributed by atoms with Gasteiger partial charge in [-0.2, -0.15) is 0 Å². The van der Waals surface area contributed by atoms with E-state index in [1.54, 1.807) is 0 Å². The van der Waals surface area contributed by atoms with E-state index in [-0.39, 0.29) is 103 Å². The van der Waals surface area contributed by atoms with Gasteiger partial charge in [-0.25, -0.2) is 0 Å². The summed E-state index contributed by atoms with van der Waals surface area (Å²) in [4.78, 5) is 8.33. The Balaban J connectivity index is -0.0000000483. The van der Waals surface area contributed by atoms with Gasteiger partial charge in [-0.3, -0.25) is 0 Å². The third-order valence-electron chi connectivity index (χ3n) is 0.517. The van der Waals surface area contributed by atoms with Gasteiger partial charge >= 0.3 is 103 Å². The fraction of sp³-hybridized carbons (Fsp3) is 0.800. The molecule has 0 aromatic carbocycles. The van der Waals surface area contributed by atoms with Crippen molar-refractivity contribution in [3.63, 3.8) is 0 Å². The third kappa shape index (κ3) is 48.3. The number of carbonyl (C=O) groups excluding carboxylic acids is 1. The molecule has 0 aliphatic carbocycles. The number of unbranched alkanes of at least 4 members (excludes halogenated alkanes) is 1. The summed E-state index contributed by atoms with van der Waals surface area (Å²) in [7, 11) is 0. The molecule has 12 heavy (non-hydrogen) atoms. The summed E-state index contributed by atoms with van der Waals surface area (Å²) < 4.78 is 2.64. The fourth-order valence-electron chi connectivity index (χ4n) is 0.189. The second-order valence-corrected chi connectivity index (χ2v) is 3.49. The predicted molar refractivity (Wildman–Crippen MR) is 52.4 cm³/mol. The van der Waals surface area contributed by atoms with E-state index >= 15 is 0 Å². The number of hydrogen-bond acceptors (Lipinski definition) is 3. The number of alkyl halides is 2. The van der Waals surface area contributed by atoms with Crippen molar-refractivity contribution in [1.82, 2.24) is 0 Å². The summed E-state index contributed by atoms with van der Waals surface area (Å²) in [5, 5.41) is 16.7. The first-order valence-electron chi connectivity index (χ1n) is 2.65. The molecule has 0 atom stereocenters. The quantitative estimate of drug-likeness (QED) is 0.187. The zero-order chi connectivity index (χ0) is 8.41. The van der Waals surface area contributed by atoms with Gasteiger partial charge < -0.3 is 15.0 Å². The van der Waals surface area contributed by atoms with E-state index in [0.29, 0.717) is 0 Å². The Morgan fingerprint density at radius 3 is 1.25 bits per heavy atom. The van der Waals surface area contributed by atoms with Crippen LogP contribution in [0.3, 0.4) is 0 Å². The topological polar surface area (TPSA) is 63.2 Å². The monoisotopic (exact) mass is 448 g/mol. The van der Waals surface area contributed by atoms with Crippen LogP contribution in [0, 0.1) is 0 Å². The van der Waals surface area contributed by atoms with Crippen LogP contribution in [0.25, 0.3) is 0 Å². The maximum absolute atomic E-state index is 8.33. The summed E-state index contributed by atoms with van der Waals surface area (Å²) >= 11 is 4.81. The van der Waals surface area contributed by atoms with Crippen LogP contribution >= 0.6 is 45.2 Å². The Labute approximate surface area is 185 Å². The summed E-state index contributed by atoms with van der Waals surface area (Å²) in [5.41, 5.74) is 0. The van der Waals surface area contributed by atoms with Crippen LogP contribution in [0.15, 0.2) is 0 Å². The molecule has 0 aromatic rings. The average Bonchev–Trinajstić information content (AvgIpc) is 1.82. The van der Waals surface area contributed by atoms with Crippen molar-refractivity contribution in [3.05, 3.63) is 0 Å². The first-order chi connectivity index (χ1) is 4.65. The Hall–Kier alpha value is 4.00. The van der Waals surface area contributed by atoms with Gasteiger partial charge in [0, 0.05) is 0 Å². The largest absolute Gasteiger partial charge is 1.00 e. The van der Waals surface area contributed by atoms with Gasteiger partial charge in [0.15, 0.2) is 0 Å². The first kappa shape index (κ1) is 25.0. The molecule has 0 unspecified atom stereocenters. The molecule has 7 heteroatoms. The van der Waals surface area contributed by atoms with Crippen molar-refractivity contribution in [3.8, 4) is 0 Å². The van der Waals surface area contributed by atoms with E-state index in [0.717, 1.165) is 0 Å². The van der Waals surface area contributed by atoms with Gasteiger partial charge in [0.05, 0.1) is 0 Å². The Bertz CT molecular complexity index is 77.1. The van der Waals surface area contributed by atoms with Crippen LogP contribution in [0.4, 0.5) is 4.79 Å². The SMILES string of the molecule is ICCCCI.O=C([O-])[O-].[K+].[K+].